The lowest BCUT2D eigenvalue weighted by atomic mass is 10.1. The van der Waals surface area contributed by atoms with E-state index in [-0.39, 0.29) is 12.1 Å². The van der Waals surface area contributed by atoms with Crippen molar-refractivity contribution >= 4 is 21.9 Å². The highest BCUT2D eigenvalue weighted by Crippen LogP contribution is 2.20. The Morgan fingerprint density at radius 2 is 1.93 bits per heavy atom. The molecule has 0 aliphatic carbocycles. The van der Waals surface area contributed by atoms with Crippen LogP contribution in [0.4, 0.5) is 0 Å². The summed E-state index contributed by atoms with van der Waals surface area (Å²) in [6.07, 6.45) is -0.248. The molecule has 0 heterocycles. The first-order chi connectivity index (χ1) is 7.00. The molecule has 0 aliphatic rings. The van der Waals surface area contributed by atoms with Crippen molar-refractivity contribution in [1.82, 2.24) is 0 Å². The van der Waals surface area contributed by atoms with E-state index in [1.54, 1.807) is 6.92 Å². The molecule has 0 saturated heterocycles. The Labute approximate surface area is 98.1 Å². The molecule has 2 nitrogen and oxygen atoms in total. The van der Waals surface area contributed by atoms with Gasteiger partial charge in [-0.05, 0) is 31.5 Å². The van der Waals surface area contributed by atoms with Gasteiger partial charge < -0.3 is 4.74 Å². The van der Waals surface area contributed by atoms with Crippen molar-refractivity contribution in [3.05, 3.63) is 46.5 Å². The van der Waals surface area contributed by atoms with Crippen LogP contribution >= 0.6 is 15.9 Å². The Bertz CT molecular complexity index is 368. The highest BCUT2D eigenvalue weighted by atomic mass is 79.9. The highest BCUT2D eigenvalue weighted by Gasteiger charge is 2.11. The first-order valence-electron chi connectivity index (χ1n) is 4.62. The minimum Gasteiger partial charge on any atom is -0.454 e. The van der Waals surface area contributed by atoms with Crippen molar-refractivity contribution < 1.29 is 9.53 Å². The molecule has 0 bridgehead atoms. The van der Waals surface area contributed by atoms with Gasteiger partial charge in [0.1, 0.15) is 6.10 Å². The van der Waals surface area contributed by atoms with Gasteiger partial charge in [-0.25, -0.2) is 4.79 Å². The summed E-state index contributed by atoms with van der Waals surface area (Å²) in [6.45, 7) is 7.01. The summed E-state index contributed by atoms with van der Waals surface area (Å²) in [5, 5.41) is 0. The van der Waals surface area contributed by atoms with Crippen molar-refractivity contribution in [1.29, 1.82) is 0 Å². The van der Waals surface area contributed by atoms with Gasteiger partial charge in [0.15, 0.2) is 0 Å². The molecule has 1 aromatic rings. The van der Waals surface area contributed by atoms with Gasteiger partial charge in [0.05, 0.1) is 0 Å². The molecule has 0 amide bonds. The topological polar surface area (TPSA) is 26.3 Å². The van der Waals surface area contributed by atoms with Crippen molar-refractivity contribution in [2.45, 2.75) is 20.0 Å². The molecule has 1 atom stereocenters. The van der Waals surface area contributed by atoms with Crippen LogP contribution in [0.1, 0.15) is 25.5 Å². The van der Waals surface area contributed by atoms with Crippen LogP contribution in [0, 0.1) is 0 Å². The number of rotatable bonds is 3. The second-order valence-corrected chi connectivity index (χ2v) is 4.30. The Hall–Kier alpha value is -1.09. The molecule has 0 aliphatic heterocycles. The van der Waals surface area contributed by atoms with E-state index in [2.05, 4.69) is 22.5 Å². The fourth-order valence-corrected chi connectivity index (χ4v) is 1.33. The predicted octanol–water partition coefficient (Wildman–Crippen LogP) is 3.63. The molecule has 0 fully saturated rings. The van der Waals surface area contributed by atoms with E-state index >= 15 is 0 Å². The quantitative estimate of drug-likeness (QED) is 0.618. The molecule has 0 spiro atoms. The van der Waals surface area contributed by atoms with Crippen molar-refractivity contribution in [3.63, 3.8) is 0 Å². The van der Waals surface area contributed by atoms with E-state index in [4.69, 9.17) is 4.74 Å². The van der Waals surface area contributed by atoms with E-state index in [0.29, 0.717) is 5.57 Å². The minimum atomic E-state index is -0.356. The van der Waals surface area contributed by atoms with E-state index in [9.17, 15) is 4.79 Å². The maximum Gasteiger partial charge on any atom is 0.333 e. The third kappa shape index (κ3) is 3.51. The monoisotopic (exact) mass is 268 g/mol. The molecule has 0 saturated carbocycles. The largest absolute Gasteiger partial charge is 0.454 e. The fraction of sp³-hybridized carbons (Fsp3) is 0.250. The zero-order valence-corrected chi connectivity index (χ0v) is 10.4. The summed E-state index contributed by atoms with van der Waals surface area (Å²) >= 11 is 3.35. The third-order valence-electron chi connectivity index (χ3n) is 1.97. The van der Waals surface area contributed by atoms with Gasteiger partial charge in [-0.15, -0.1) is 0 Å². The van der Waals surface area contributed by atoms with Gasteiger partial charge in [-0.1, -0.05) is 34.6 Å². The van der Waals surface area contributed by atoms with Crippen LogP contribution in [0.5, 0.6) is 0 Å². The van der Waals surface area contributed by atoms with Crippen LogP contribution in [-0.4, -0.2) is 5.97 Å². The fourth-order valence-electron chi connectivity index (χ4n) is 1.06. The van der Waals surface area contributed by atoms with Crippen LogP contribution < -0.4 is 0 Å². The average Bonchev–Trinajstić information content (AvgIpc) is 2.18. The highest BCUT2D eigenvalue weighted by molar-refractivity contribution is 9.10. The predicted molar refractivity (Wildman–Crippen MR) is 63.5 cm³/mol. The Balaban J connectivity index is 2.69. The normalized spacial score (nSPS) is 11.9. The summed E-state index contributed by atoms with van der Waals surface area (Å²) in [4.78, 5) is 11.3. The van der Waals surface area contributed by atoms with E-state index in [0.717, 1.165) is 10.0 Å². The third-order valence-corrected chi connectivity index (χ3v) is 2.50. The summed E-state index contributed by atoms with van der Waals surface area (Å²) < 4.78 is 6.19. The van der Waals surface area contributed by atoms with Crippen molar-refractivity contribution in [2.24, 2.45) is 0 Å². The van der Waals surface area contributed by atoms with E-state index in [1.807, 2.05) is 31.2 Å². The van der Waals surface area contributed by atoms with Crippen LogP contribution in [0.3, 0.4) is 0 Å². The molecule has 0 aromatic heterocycles. The molecule has 0 N–H and O–H groups in total. The second-order valence-electron chi connectivity index (χ2n) is 3.38. The zero-order chi connectivity index (χ0) is 11.4. The van der Waals surface area contributed by atoms with Crippen LogP contribution in [-0.2, 0) is 9.53 Å². The number of halogens is 1. The first-order valence-corrected chi connectivity index (χ1v) is 5.42. The number of hydrogen-bond acceptors (Lipinski definition) is 2. The Morgan fingerprint density at radius 3 is 2.40 bits per heavy atom. The Kier molecular flexibility index (Phi) is 4.09. The Morgan fingerprint density at radius 1 is 1.40 bits per heavy atom. The van der Waals surface area contributed by atoms with Crippen LogP contribution in [0.25, 0.3) is 0 Å². The first kappa shape index (κ1) is 12.0. The van der Waals surface area contributed by atoms with Gasteiger partial charge in [0, 0.05) is 10.0 Å². The van der Waals surface area contributed by atoms with Crippen molar-refractivity contribution in [3.8, 4) is 0 Å². The molecule has 1 rings (SSSR count). The number of benzene rings is 1. The lowest BCUT2D eigenvalue weighted by molar-refractivity contribution is -0.143. The molecule has 1 aromatic carbocycles. The SMILES string of the molecule is C=C(C)C(=O)OC(C)c1ccc(Br)cc1. The summed E-state index contributed by atoms with van der Waals surface area (Å²) in [6, 6.07) is 7.67. The van der Waals surface area contributed by atoms with Gasteiger partial charge in [-0.2, -0.15) is 0 Å². The second kappa shape index (κ2) is 5.12. The molecule has 80 valence electrons. The van der Waals surface area contributed by atoms with Crippen LogP contribution in [0.2, 0.25) is 0 Å². The maximum atomic E-state index is 11.3. The average molecular weight is 269 g/mol. The number of carbonyl (C=O) groups is 1. The van der Waals surface area contributed by atoms with E-state index < -0.39 is 0 Å². The molecular formula is C12H13BrO2. The van der Waals surface area contributed by atoms with E-state index in [1.165, 1.54) is 0 Å². The molecule has 15 heavy (non-hydrogen) atoms. The molecule has 0 radical (unpaired) electrons. The maximum absolute atomic E-state index is 11.3. The van der Waals surface area contributed by atoms with Gasteiger partial charge in [0.2, 0.25) is 0 Å². The standard InChI is InChI=1S/C12H13BrO2/c1-8(2)12(14)15-9(3)10-4-6-11(13)7-5-10/h4-7,9H,1H2,2-3H3. The number of carbonyl (C=O) groups excluding carboxylic acids is 1. The number of ether oxygens (including phenoxy) is 1. The summed E-state index contributed by atoms with van der Waals surface area (Å²) in [5.41, 5.74) is 1.38. The lowest BCUT2D eigenvalue weighted by Crippen LogP contribution is -2.08. The molecule has 1 unspecified atom stereocenters. The number of hydrogen-bond donors (Lipinski definition) is 0. The molecular weight excluding hydrogens is 256 g/mol. The minimum absolute atomic E-state index is 0.248. The number of esters is 1. The van der Waals surface area contributed by atoms with Crippen molar-refractivity contribution in [2.75, 3.05) is 0 Å². The smallest absolute Gasteiger partial charge is 0.333 e. The summed E-state index contributed by atoms with van der Waals surface area (Å²) in [5.74, 6) is -0.356. The van der Waals surface area contributed by atoms with Gasteiger partial charge in [0.25, 0.3) is 0 Å². The van der Waals surface area contributed by atoms with Gasteiger partial charge in [-0.3, -0.25) is 0 Å². The van der Waals surface area contributed by atoms with Crippen LogP contribution in [0.15, 0.2) is 40.9 Å². The summed E-state index contributed by atoms with van der Waals surface area (Å²) in [7, 11) is 0. The zero-order valence-electron chi connectivity index (χ0n) is 8.79. The lowest BCUT2D eigenvalue weighted by Gasteiger charge is -2.13. The molecule has 3 heteroatoms. The van der Waals surface area contributed by atoms with Gasteiger partial charge >= 0.3 is 5.97 Å².